The van der Waals surface area contributed by atoms with Gasteiger partial charge in [-0.05, 0) is 18.4 Å². The van der Waals surface area contributed by atoms with E-state index in [9.17, 15) is 14.4 Å². The molecule has 2 N–H and O–H groups in total. The molecule has 1 aromatic heterocycles. The molecule has 0 saturated heterocycles. The third-order valence-electron chi connectivity index (χ3n) is 2.75. The molecule has 0 fully saturated rings. The Labute approximate surface area is 116 Å². The average molecular weight is 281 g/mol. The van der Waals surface area contributed by atoms with E-state index < -0.39 is 17.9 Å². The van der Waals surface area contributed by atoms with Crippen LogP contribution < -0.4 is 10.9 Å². The van der Waals surface area contributed by atoms with E-state index in [-0.39, 0.29) is 17.2 Å². The molecule has 0 spiro atoms. The van der Waals surface area contributed by atoms with E-state index in [4.69, 9.17) is 5.11 Å². The molecule has 0 radical (unpaired) electrons. The van der Waals surface area contributed by atoms with Crippen LogP contribution in [-0.2, 0) is 11.3 Å². The highest BCUT2D eigenvalue weighted by Gasteiger charge is 2.24. The molecule has 0 aliphatic rings. The zero-order valence-electron chi connectivity index (χ0n) is 11.8. The minimum atomic E-state index is -1.10. The summed E-state index contributed by atoms with van der Waals surface area (Å²) in [6.45, 7) is 5.70. The van der Waals surface area contributed by atoms with Crippen molar-refractivity contribution in [1.82, 2.24) is 15.1 Å². The zero-order valence-corrected chi connectivity index (χ0v) is 11.8. The molecule has 1 heterocycles. The van der Waals surface area contributed by atoms with Crippen LogP contribution in [0.15, 0.2) is 16.9 Å². The van der Waals surface area contributed by atoms with Gasteiger partial charge >= 0.3 is 5.97 Å². The summed E-state index contributed by atoms with van der Waals surface area (Å²) in [5.74, 6) is -1.95. The van der Waals surface area contributed by atoms with E-state index in [1.54, 1.807) is 13.8 Å². The van der Waals surface area contributed by atoms with E-state index in [2.05, 4.69) is 10.4 Å². The lowest BCUT2D eigenvalue weighted by Crippen LogP contribution is -2.45. The highest BCUT2D eigenvalue weighted by molar-refractivity contribution is 5.94. The number of aryl methyl sites for hydroxylation is 1. The summed E-state index contributed by atoms with van der Waals surface area (Å²) in [7, 11) is 0. The molecular weight excluding hydrogens is 262 g/mol. The van der Waals surface area contributed by atoms with Gasteiger partial charge in [-0.15, -0.1) is 0 Å². The van der Waals surface area contributed by atoms with Crippen molar-refractivity contribution < 1.29 is 14.7 Å². The first-order chi connectivity index (χ1) is 9.36. The van der Waals surface area contributed by atoms with Crippen LogP contribution in [0.3, 0.4) is 0 Å². The number of carbonyl (C=O) groups excluding carboxylic acids is 1. The molecule has 0 aromatic carbocycles. The molecule has 0 aliphatic carbocycles. The van der Waals surface area contributed by atoms with Gasteiger partial charge in [-0.25, -0.2) is 9.48 Å². The van der Waals surface area contributed by atoms with E-state index in [0.717, 1.165) is 0 Å². The maximum absolute atomic E-state index is 12.0. The number of rotatable bonds is 6. The van der Waals surface area contributed by atoms with Gasteiger partial charge in [0.1, 0.15) is 11.7 Å². The molecule has 7 nitrogen and oxygen atoms in total. The molecular formula is C13H19N3O4. The number of aromatic nitrogens is 2. The van der Waals surface area contributed by atoms with Crippen molar-refractivity contribution >= 4 is 11.9 Å². The minimum Gasteiger partial charge on any atom is -0.480 e. The van der Waals surface area contributed by atoms with Crippen molar-refractivity contribution in [2.24, 2.45) is 5.92 Å². The van der Waals surface area contributed by atoms with Crippen LogP contribution in [0.2, 0.25) is 0 Å². The van der Waals surface area contributed by atoms with Gasteiger partial charge in [-0.3, -0.25) is 9.59 Å². The number of carbonyl (C=O) groups is 2. The van der Waals surface area contributed by atoms with Gasteiger partial charge < -0.3 is 10.4 Å². The second-order valence-electron chi connectivity index (χ2n) is 4.81. The SMILES string of the molecule is CCCn1nc(C(=O)N[C@@H](C(=O)O)C(C)C)ccc1=O. The lowest BCUT2D eigenvalue weighted by atomic mass is 10.0. The zero-order chi connectivity index (χ0) is 15.3. The summed E-state index contributed by atoms with van der Waals surface area (Å²) in [5, 5.41) is 15.4. The Bertz CT molecular complexity index is 551. The molecule has 1 atom stereocenters. The van der Waals surface area contributed by atoms with Crippen LogP contribution in [-0.4, -0.2) is 32.8 Å². The van der Waals surface area contributed by atoms with Crippen molar-refractivity contribution in [3.8, 4) is 0 Å². The summed E-state index contributed by atoms with van der Waals surface area (Å²) in [6, 6.07) is 1.56. The van der Waals surface area contributed by atoms with Crippen molar-refractivity contribution in [1.29, 1.82) is 0 Å². The number of amides is 1. The van der Waals surface area contributed by atoms with Crippen molar-refractivity contribution in [3.05, 3.63) is 28.2 Å². The number of aliphatic carboxylic acids is 1. The monoisotopic (exact) mass is 281 g/mol. The van der Waals surface area contributed by atoms with E-state index in [1.807, 2.05) is 6.92 Å². The fourth-order valence-corrected chi connectivity index (χ4v) is 1.67. The van der Waals surface area contributed by atoms with E-state index in [1.165, 1.54) is 16.8 Å². The molecule has 0 saturated carbocycles. The van der Waals surface area contributed by atoms with Gasteiger partial charge in [0.15, 0.2) is 0 Å². The van der Waals surface area contributed by atoms with E-state index in [0.29, 0.717) is 13.0 Å². The predicted octanol–water partition coefficient (Wildman–Crippen LogP) is 0.492. The van der Waals surface area contributed by atoms with E-state index >= 15 is 0 Å². The van der Waals surface area contributed by atoms with Crippen LogP contribution in [0.5, 0.6) is 0 Å². The third kappa shape index (κ3) is 3.91. The molecule has 0 unspecified atom stereocenters. The second kappa shape index (κ2) is 6.83. The molecule has 20 heavy (non-hydrogen) atoms. The maximum atomic E-state index is 12.0. The highest BCUT2D eigenvalue weighted by atomic mass is 16.4. The second-order valence-corrected chi connectivity index (χ2v) is 4.81. The molecule has 1 aromatic rings. The van der Waals surface area contributed by atoms with Gasteiger partial charge in [0.05, 0.1) is 0 Å². The predicted molar refractivity (Wildman–Crippen MR) is 72.5 cm³/mol. The summed E-state index contributed by atoms with van der Waals surface area (Å²) < 4.78 is 1.19. The Kier molecular flexibility index (Phi) is 5.42. The maximum Gasteiger partial charge on any atom is 0.326 e. The van der Waals surface area contributed by atoms with Crippen LogP contribution in [0.1, 0.15) is 37.7 Å². The first-order valence-corrected chi connectivity index (χ1v) is 6.48. The lowest BCUT2D eigenvalue weighted by molar-refractivity contribution is -0.140. The molecule has 1 amide bonds. The Morgan fingerprint density at radius 1 is 1.40 bits per heavy atom. The van der Waals surface area contributed by atoms with Gasteiger partial charge in [0, 0.05) is 12.6 Å². The Hall–Kier alpha value is -2.18. The first-order valence-electron chi connectivity index (χ1n) is 6.48. The number of carboxylic acids is 1. The highest BCUT2D eigenvalue weighted by Crippen LogP contribution is 2.03. The molecule has 0 bridgehead atoms. The lowest BCUT2D eigenvalue weighted by Gasteiger charge is -2.17. The van der Waals surface area contributed by atoms with Gasteiger partial charge in [-0.2, -0.15) is 5.10 Å². The van der Waals surface area contributed by atoms with Crippen molar-refractivity contribution in [2.75, 3.05) is 0 Å². The fourth-order valence-electron chi connectivity index (χ4n) is 1.67. The number of nitrogens with one attached hydrogen (secondary N) is 1. The number of hydrogen-bond acceptors (Lipinski definition) is 4. The summed E-state index contributed by atoms with van der Waals surface area (Å²) in [5.41, 5.74) is -0.257. The normalized spacial score (nSPS) is 12.2. The Morgan fingerprint density at radius 2 is 2.05 bits per heavy atom. The molecule has 7 heteroatoms. The van der Waals surface area contributed by atoms with Gasteiger partial charge in [0.25, 0.3) is 11.5 Å². The first kappa shape index (κ1) is 15.9. The van der Waals surface area contributed by atoms with Gasteiger partial charge in [-0.1, -0.05) is 20.8 Å². The summed E-state index contributed by atoms with van der Waals surface area (Å²) in [6.07, 6.45) is 0.710. The minimum absolute atomic E-state index is 0.0324. The van der Waals surface area contributed by atoms with Crippen LogP contribution in [0, 0.1) is 5.92 Å². The average Bonchev–Trinajstić information content (AvgIpc) is 2.37. The van der Waals surface area contributed by atoms with Crippen LogP contribution in [0.4, 0.5) is 0 Å². The Balaban J connectivity index is 2.95. The number of nitrogens with zero attached hydrogens (tertiary/aromatic N) is 2. The fraction of sp³-hybridized carbons (Fsp3) is 0.538. The summed E-state index contributed by atoms with van der Waals surface area (Å²) in [4.78, 5) is 34.5. The van der Waals surface area contributed by atoms with Crippen molar-refractivity contribution in [3.63, 3.8) is 0 Å². The van der Waals surface area contributed by atoms with Crippen molar-refractivity contribution in [2.45, 2.75) is 39.8 Å². The third-order valence-corrected chi connectivity index (χ3v) is 2.75. The quantitative estimate of drug-likeness (QED) is 0.790. The van der Waals surface area contributed by atoms with Gasteiger partial charge in [0.2, 0.25) is 0 Å². The smallest absolute Gasteiger partial charge is 0.326 e. The largest absolute Gasteiger partial charge is 0.480 e. The number of carboxylic acid groups (broad SMARTS) is 1. The molecule has 0 aliphatic heterocycles. The number of hydrogen-bond donors (Lipinski definition) is 2. The van der Waals surface area contributed by atoms with Crippen LogP contribution in [0.25, 0.3) is 0 Å². The Morgan fingerprint density at radius 3 is 2.55 bits per heavy atom. The summed E-state index contributed by atoms with van der Waals surface area (Å²) >= 11 is 0. The topological polar surface area (TPSA) is 101 Å². The standard InChI is InChI=1S/C13H19N3O4/c1-4-7-16-10(17)6-5-9(15-16)12(18)14-11(8(2)3)13(19)20/h5-6,8,11H,4,7H2,1-3H3,(H,14,18)(H,19,20)/t11-/m1/s1. The molecule has 1 rings (SSSR count). The van der Waals surface area contributed by atoms with Crippen LogP contribution >= 0.6 is 0 Å². The molecule has 110 valence electrons.